The lowest BCUT2D eigenvalue weighted by Crippen LogP contribution is -2.56. The Morgan fingerprint density at radius 2 is 1.50 bits per heavy atom. The molecule has 0 saturated heterocycles. The lowest BCUT2D eigenvalue weighted by Gasteiger charge is -2.29. The first-order chi connectivity index (χ1) is 23.1. The van der Waals surface area contributed by atoms with Crippen LogP contribution in [0.3, 0.4) is 0 Å². The smallest absolute Gasteiger partial charge is 0.243 e. The Morgan fingerprint density at radius 3 is 2.12 bits per heavy atom. The molecule has 3 unspecified atom stereocenters. The molecule has 0 aliphatic heterocycles. The summed E-state index contributed by atoms with van der Waals surface area (Å²) in [6, 6.07) is 14.7. The third kappa shape index (κ3) is 12.1. The number of aromatic nitrogens is 1. The van der Waals surface area contributed by atoms with Gasteiger partial charge in [-0.1, -0.05) is 92.8 Å². The minimum Gasteiger partial charge on any atom is -0.370 e. The van der Waals surface area contributed by atoms with E-state index in [0.29, 0.717) is 18.4 Å². The third-order valence-corrected chi connectivity index (χ3v) is 10.4. The number of benzene rings is 2. The molecule has 14 heteroatoms. The number of rotatable bonds is 18. The van der Waals surface area contributed by atoms with Crippen LogP contribution in [0.1, 0.15) is 72.3 Å². The van der Waals surface area contributed by atoms with Crippen molar-refractivity contribution in [3.8, 4) is 0 Å². The van der Waals surface area contributed by atoms with Gasteiger partial charge in [0.15, 0.2) is 11.0 Å². The number of sulfonamides is 1. The van der Waals surface area contributed by atoms with Crippen LogP contribution in [0.5, 0.6) is 0 Å². The number of carbonyl (C=O) groups excluding carboxylic acids is 3. The number of nitrogens with zero attached hydrogens (tertiary/aromatic N) is 2. The van der Waals surface area contributed by atoms with Crippen LogP contribution >= 0.6 is 11.3 Å². The van der Waals surface area contributed by atoms with E-state index >= 15 is 0 Å². The van der Waals surface area contributed by atoms with E-state index in [1.165, 1.54) is 17.5 Å². The number of hydrogen-bond acceptors (Lipinski definition) is 8. The molecule has 1 aliphatic rings. The summed E-state index contributed by atoms with van der Waals surface area (Å²) in [7, 11) is -3.95. The van der Waals surface area contributed by atoms with Gasteiger partial charge < -0.3 is 22.1 Å². The zero-order valence-electron chi connectivity index (χ0n) is 26.9. The van der Waals surface area contributed by atoms with Crippen molar-refractivity contribution in [1.29, 1.82) is 0 Å². The predicted molar refractivity (Wildman–Crippen MR) is 188 cm³/mol. The molecule has 3 aromatic rings. The molecule has 2 aromatic carbocycles. The second kappa shape index (κ2) is 18.4. The number of ketones is 1. The maximum Gasteiger partial charge on any atom is 0.243 e. The Bertz CT molecular complexity index is 1590. The van der Waals surface area contributed by atoms with Crippen LogP contribution in [0.25, 0.3) is 0 Å². The summed E-state index contributed by atoms with van der Waals surface area (Å²) >= 11 is 1.17. The van der Waals surface area contributed by atoms with Crippen LogP contribution in [0.4, 0.5) is 0 Å². The van der Waals surface area contributed by atoms with Crippen molar-refractivity contribution in [3.05, 3.63) is 88.4 Å². The highest BCUT2D eigenvalue weighted by molar-refractivity contribution is 7.88. The predicted octanol–water partition coefficient (Wildman–Crippen LogP) is 3.05. The van der Waals surface area contributed by atoms with Crippen molar-refractivity contribution in [2.45, 2.75) is 81.7 Å². The minimum atomic E-state index is -3.95. The van der Waals surface area contributed by atoms with Gasteiger partial charge in [-0.05, 0) is 42.7 Å². The van der Waals surface area contributed by atoms with Crippen LogP contribution in [0.2, 0.25) is 0 Å². The molecule has 7 N–H and O–H groups in total. The number of aliphatic imine (C=N–C) groups is 1. The molecule has 258 valence electrons. The summed E-state index contributed by atoms with van der Waals surface area (Å²) in [5.74, 6) is -1.67. The van der Waals surface area contributed by atoms with Gasteiger partial charge in [-0.25, -0.2) is 18.1 Å². The summed E-state index contributed by atoms with van der Waals surface area (Å²) in [5.41, 5.74) is 12.2. The van der Waals surface area contributed by atoms with Crippen LogP contribution in [0, 0.1) is 5.92 Å². The fourth-order valence-corrected chi connectivity index (χ4v) is 7.86. The minimum absolute atomic E-state index is 0.0680. The van der Waals surface area contributed by atoms with Gasteiger partial charge in [-0.15, -0.1) is 11.3 Å². The number of hydrogen-bond donors (Lipinski definition) is 5. The summed E-state index contributed by atoms with van der Waals surface area (Å²) in [6.07, 6.45) is 7.62. The quantitative estimate of drug-likeness (QED) is 0.0579. The van der Waals surface area contributed by atoms with E-state index in [1.807, 2.05) is 30.3 Å². The van der Waals surface area contributed by atoms with Crippen LogP contribution in [-0.2, 0) is 31.8 Å². The normalized spacial score (nSPS) is 15.5. The SMILES string of the molecule is NC(N)=NCCCC(NC(=O)C(CC1CCCCC1)NC(=O)C(Cc1ccccc1)NS(=O)(=O)Cc1ccccc1)C(=O)c1nccs1. The van der Waals surface area contributed by atoms with Crippen molar-refractivity contribution in [2.24, 2.45) is 22.4 Å². The van der Waals surface area contributed by atoms with E-state index in [2.05, 4.69) is 25.3 Å². The van der Waals surface area contributed by atoms with Crippen LogP contribution in [0.15, 0.2) is 77.2 Å². The van der Waals surface area contributed by atoms with Crippen molar-refractivity contribution < 1.29 is 22.8 Å². The second-order valence-electron chi connectivity index (χ2n) is 12.1. The first-order valence-corrected chi connectivity index (χ1v) is 18.8. The zero-order valence-corrected chi connectivity index (χ0v) is 28.6. The van der Waals surface area contributed by atoms with Crippen LogP contribution < -0.4 is 26.8 Å². The molecule has 2 amide bonds. The number of guanidine groups is 1. The van der Waals surface area contributed by atoms with Crippen molar-refractivity contribution in [2.75, 3.05) is 6.54 Å². The third-order valence-electron chi connectivity index (χ3n) is 8.27. The molecule has 4 rings (SSSR count). The fourth-order valence-electron chi connectivity index (χ4n) is 5.89. The van der Waals surface area contributed by atoms with E-state index in [4.69, 9.17) is 11.5 Å². The van der Waals surface area contributed by atoms with Gasteiger partial charge in [0.05, 0.1) is 11.8 Å². The topological polar surface area (TPSA) is 199 Å². The molecule has 1 aliphatic carbocycles. The van der Waals surface area contributed by atoms with E-state index < -0.39 is 40.0 Å². The highest BCUT2D eigenvalue weighted by atomic mass is 32.2. The Hall–Kier alpha value is -4.14. The summed E-state index contributed by atoms with van der Waals surface area (Å²) in [4.78, 5) is 49.5. The number of amides is 2. The number of Topliss-reactive ketones (excluding diaryl/α,β-unsaturated/α-hetero) is 1. The average Bonchev–Trinajstić information content (AvgIpc) is 3.61. The molecular formula is C34H45N7O5S2. The second-order valence-corrected chi connectivity index (χ2v) is 14.8. The molecular weight excluding hydrogens is 651 g/mol. The largest absolute Gasteiger partial charge is 0.370 e. The van der Waals surface area contributed by atoms with Gasteiger partial charge in [-0.2, -0.15) is 0 Å². The molecule has 3 atom stereocenters. The maximum absolute atomic E-state index is 14.0. The Morgan fingerprint density at radius 1 is 0.875 bits per heavy atom. The first-order valence-electron chi connectivity index (χ1n) is 16.3. The number of nitrogens with two attached hydrogens (primary N) is 2. The molecule has 0 bridgehead atoms. The van der Waals surface area contributed by atoms with Gasteiger partial charge >= 0.3 is 0 Å². The van der Waals surface area contributed by atoms with E-state index in [9.17, 15) is 22.8 Å². The monoisotopic (exact) mass is 695 g/mol. The Balaban J connectivity index is 1.56. The number of nitrogens with one attached hydrogen (secondary N) is 3. The lowest BCUT2D eigenvalue weighted by atomic mass is 9.84. The highest BCUT2D eigenvalue weighted by Gasteiger charge is 2.33. The van der Waals surface area contributed by atoms with E-state index in [1.54, 1.807) is 35.7 Å². The number of carbonyl (C=O) groups is 3. The van der Waals surface area contributed by atoms with Gasteiger partial charge in [0.1, 0.15) is 12.1 Å². The first kappa shape index (κ1) is 36.7. The molecule has 48 heavy (non-hydrogen) atoms. The summed E-state index contributed by atoms with van der Waals surface area (Å²) in [6.45, 7) is 0.270. The molecule has 1 fully saturated rings. The Labute approximate surface area is 286 Å². The molecule has 1 heterocycles. The molecule has 0 spiro atoms. The highest BCUT2D eigenvalue weighted by Crippen LogP contribution is 2.27. The molecule has 1 saturated carbocycles. The van der Waals surface area contributed by atoms with Crippen molar-refractivity contribution >= 4 is 44.9 Å². The zero-order chi connectivity index (χ0) is 34.4. The fraction of sp³-hybridized carbons (Fsp3) is 0.441. The Kier molecular flexibility index (Phi) is 14.1. The van der Waals surface area contributed by atoms with E-state index in [0.717, 1.165) is 37.7 Å². The van der Waals surface area contributed by atoms with Gasteiger partial charge in [0, 0.05) is 18.1 Å². The maximum atomic E-state index is 14.0. The lowest BCUT2D eigenvalue weighted by molar-refractivity contribution is -0.130. The van der Waals surface area contributed by atoms with Crippen LogP contribution in [-0.4, -0.2) is 61.6 Å². The molecule has 1 aromatic heterocycles. The summed E-state index contributed by atoms with van der Waals surface area (Å²) in [5, 5.41) is 7.69. The molecule has 0 radical (unpaired) electrons. The standard InChI is InChI=1S/C34H45N7O5S2/c35-34(36)38-18-10-17-27(30(42)33-37-19-20-47-33)39-31(43)28(21-24-11-4-1-5-12-24)40-32(44)29(22-25-13-6-2-7-14-25)41-48(45,46)23-26-15-8-3-9-16-26/h2-3,6-9,13-16,19-20,24,27-29,41H,1,4-5,10-12,17-18,21-23H2,(H,39,43)(H,40,44)(H4,35,36,38). The van der Waals surface area contributed by atoms with Crippen molar-refractivity contribution in [3.63, 3.8) is 0 Å². The van der Waals surface area contributed by atoms with Gasteiger partial charge in [0.25, 0.3) is 0 Å². The summed E-state index contributed by atoms with van der Waals surface area (Å²) < 4.78 is 29.2. The average molecular weight is 696 g/mol. The van der Waals surface area contributed by atoms with Gasteiger partial charge in [0.2, 0.25) is 27.6 Å². The molecule has 12 nitrogen and oxygen atoms in total. The van der Waals surface area contributed by atoms with Crippen molar-refractivity contribution in [1.82, 2.24) is 20.3 Å². The van der Waals surface area contributed by atoms with E-state index in [-0.39, 0.29) is 47.8 Å². The van der Waals surface area contributed by atoms with Gasteiger partial charge in [-0.3, -0.25) is 19.4 Å². The number of thiazole rings is 1.